The van der Waals surface area contributed by atoms with Crippen LogP contribution in [0.15, 0.2) is 33.4 Å². The van der Waals surface area contributed by atoms with Gasteiger partial charge < -0.3 is 24.3 Å². The van der Waals surface area contributed by atoms with Crippen LogP contribution >= 0.6 is 0 Å². The normalized spacial score (nSPS) is 13.9. The fourth-order valence-corrected chi connectivity index (χ4v) is 2.20. The van der Waals surface area contributed by atoms with Gasteiger partial charge in [-0.3, -0.25) is 4.79 Å². The molecule has 0 spiro atoms. The number of hydrogen-bond acceptors (Lipinski definition) is 6. The van der Waals surface area contributed by atoms with E-state index in [1.54, 1.807) is 32.9 Å². The molecule has 0 saturated heterocycles. The predicted molar refractivity (Wildman–Crippen MR) is 99.2 cm³/mol. The van der Waals surface area contributed by atoms with Gasteiger partial charge in [0, 0.05) is 12.6 Å². The van der Waals surface area contributed by atoms with Gasteiger partial charge >= 0.3 is 6.09 Å². The maximum absolute atomic E-state index is 12.6. The van der Waals surface area contributed by atoms with Crippen molar-refractivity contribution >= 4 is 12.0 Å². The first-order valence-electron chi connectivity index (χ1n) is 8.80. The smallest absolute Gasteiger partial charge is 0.407 e. The largest absolute Gasteiger partial charge is 0.461 e. The van der Waals surface area contributed by atoms with E-state index in [9.17, 15) is 9.59 Å². The van der Waals surface area contributed by atoms with Crippen molar-refractivity contribution in [3.8, 4) is 11.5 Å². The average Bonchev–Trinajstić information content (AvgIpc) is 3.22. The average molecular weight is 377 g/mol. The second kappa shape index (κ2) is 7.85. The molecule has 0 aromatic carbocycles. The number of alkyl carbamates (subject to hydrolysis) is 1. The van der Waals surface area contributed by atoms with Crippen molar-refractivity contribution < 1.29 is 23.3 Å². The zero-order valence-corrected chi connectivity index (χ0v) is 16.6. The molecule has 0 aliphatic heterocycles. The summed E-state index contributed by atoms with van der Waals surface area (Å²) >= 11 is 0. The van der Waals surface area contributed by atoms with Gasteiger partial charge in [-0.2, -0.15) is 0 Å². The summed E-state index contributed by atoms with van der Waals surface area (Å²) in [4.78, 5) is 24.5. The third kappa shape index (κ3) is 5.60. The Morgan fingerprint density at radius 1 is 1.22 bits per heavy atom. The van der Waals surface area contributed by atoms with Crippen molar-refractivity contribution in [1.82, 2.24) is 15.8 Å². The molecule has 0 saturated carbocycles. The highest BCUT2D eigenvalue weighted by molar-refractivity contribution is 5.93. The highest BCUT2D eigenvalue weighted by Crippen LogP contribution is 2.22. The summed E-state index contributed by atoms with van der Waals surface area (Å²) in [6.07, 6.45) is 0.973. The van der Waals surface area contributed by atoms with E-state index in [4.69, 9.17) is 13.7 Å². The van der Waals surface area contributed by atoms with Gasteiger partial charge in [0.25, 0.3) is 5.91 Å². The van der Waals surface area contributed by atoms with Crippen LogP contribution in [0.2, 0.25) is 0 Å². The summed E-state index contributed by atoms with van der Waals surface area (Å²) < 4.78 is 15.6. The fraction of sp³-hybridized carbons (Fsp3) is 0.526. The lowest BCUT2D eigenvalue weighted by Gasteiger charge is -2.35. The SMILES string of the molecule is CC(C)C(C)(CNC(=O)OC(C)(C)C)NC(=O)c1cc(-c2ccco2)on1. The van der Waals surface area contributed by atoms with E-state index in [1.807, 2.05) is 20.8 Å². The summed E-state index contributed by atoms with van der Waals surface area (Å²) in [7, 11) is 0. The number of aromatic nitrogens is 1. The molecule has 148 valence electrons. The molecule has 8 nitrogen and oxygen atoms in total. The molecule has 0 bridgehead atoms. The molecule has 0 aliphatic carbocycles. The van der Waals surface area contributed by atoms with Crippen LogP contribution < -0.4 is 10.6 Å². The van der Waals surface area contributed by atoms with Gasteiger partial charge in [0.1, 0.15) is 5.60 Å². The molecule has 27 heavy (non-hydrogen) atoms. The first kappa shape index (κ1) is 20.5. The lowest BCUT2D eigenvalue weighted by atomic mass is 9.88. The van der Waals surface area contributed by atoms with Gasteiger partial charge in [0.05, 0.1) is 11.8 Å². The van der Waals surface area contributed by atoms with Crippen LogP contribution in [-0.2, 0) is 4.74 Å². The third-order valence-electron chi connectivity index (χ3n) is 4.18. The molecule has 0 aliphatic rings. The summed E-state index contributed by atoms with van der Waals surface area (Å²) in [5, 5.41) is 9.43. The van der Waals surface area contributed by atoms with Crippen LogP contribution in [0, 0.1) is 5.92 Å². The minimum absolute atomic E-state index is 0.0350. The minimum Gasteiger partial charge on any atom is -0.461 e. The fourth-order valence-electron chi connectivity index (χ4n) is 2.20. The van der Waals surface area contributed by atoms with Crippen molar-refractivity contribution in [3.05, 3.63) is 30.2 Å². The van der Waals surface area contributed by atoms with Gasteiger partial charge in [-0.1, -0.05) is 19.0 Å². The molecule has 2 aromatic rings. The van der Waals surface area contributed by atoms with Crippen molar-refractivity contribution in [2.24, 2.45) is 5.92 Å². The molecule has 2 aromatic heterocycles. The summed E-state index contributed by atoms with van der Waals surface area (Å²) in [6.45, 7) is 11.3. The molecular weight excluding hydrogens is 350 g/mol. The van der Waals surface area contributed by atoms with Crippen LogP contribution in [-0.4, -0.2) is 34.8 Å². The third-order valence-corrected chi connectivity index (χ3v) is 4.18. The quantitative estimate of drug-likeness (QED) is 0.796. The molecular formula is C19H27N3O5. The van der Waals surface area contributed by atoms with Gasteiger partial charge in [-0.25, -0.2) is 4.79 Å². The number of nitrogens with zero attached hydrogens (tertiary/aromatic N) is 1. The second-order valence-electron chi connectivity index (χ2n) is 7.94. The Hall–Kier alpha value is -2.77. The Morgan fingerprint density at radius 3 is 2.48 bits per heavy atom. The minimum atomic E-state index is -0.711. The van der Waals surface area contributed by atoms with E-state index >= 15 is 0 Å². The zero-order chi connectivity index (χ0) is 20.2. The highest BCUT2D eigenvalue weighted by atomic mass is 16.6. The Balaban J connectivity index is 2.04. The monoisotopic (exact) mass is 377 g/mol. The van der Waals surface area contributed by atoms with Gasteiger partial charge in [-0.15, -0.1) is 0 Å². The Morgan fingerprint density at radius 2 is 1.93 bits per heavy atom. The lowest BCUT2D eigenvalue weighted by molar-refractivity contribution is 0.0496. The summed E-state index contributed by atoms with van der Waals surface area (Å²) in [5.74, 6) is 0.481. The highest BCUT2D eigenvalue weighted by Gasteiger charge is 2.32. The number of carbonyl (C=O) groups excluding carboxylic acids is 2. The van der Waals surface area contributed by atoms with E-state index < -0.39 is 23.1 Å². The molecule has 2 N–H and O–H groups in total. The molecule has 2 amide bonds. The van der Waals surface area contributed by atoms with Gasteiger partial charge in [-0.05, 0) is 45.7 Å². The summed E-state index contributed by atoms with van der Waals surface area (Å²) in [6, 6.07) is 4.94. The first-order chi connectivity index (χ1) is 12.5. The standard InChI is InChI=1S/C19H27N3O5/c1-12(2)19(6,11-20-17(24)26-18(3,4)5)21-16(23)13-10-15(27-22-13)14-8-7-9-25-14/h7-10,12H,11H2,1-6H3,(H,20,24)(H,21,23). The lowest BCUT2D eigenvalue weighted by Crippen LogP contribution is -2.57. The van der Waals surface area contributed by atoms with Crippen LogP contribution in [0.1, 0.15) is 52.0 Å². The van der Waals surface area contributed by atoms with E-state index in [2.05, 4.69) is 15.8 Å². The predicted octanol–water partition coefficient (Wildman–Crippen LogP) is 3.60. The number of hydrogen-bond donors (Lipinski definition) is 2. The van der Waals surface area contributed by atoms with Crippen LogP contribution in [0.4, 0.5) is 4.79 Å². The zero-order valence-electron chi connectivity index (χ0n) is 16.6. The van der Waals surface area contributed by atoms with E-state index in [0.29, 0.717) is 11.5 Å². The Bertz CT molecular complexity index is 774. The van der Waals surface area contributed by atoms with E-state index in [1.165, 1.54) is 12.3 Å². The van der Waals surface area contributed by atoms with Crippen LogP contribution in [0.25, 0.3) is 11.5 Å². The second-order valence-corrected chi connectivity index (χ2v) is 7.94. The molecule has 2 rings (SSSR count). The number of rotatable bonds is 6. The number of ether oxygens (including phenoxy) is 1. The van der Waals surface area contributed by atoms with Crippen LogP contribution in [0.3, 0.4) is 0 Å². The van der Waals surface area contributed by atoms with Gasteiger partial charge in [0.2, 0.25) is 5.76 Å². The van der Waals surface area contributed by atoms with Crippen LogP contribution in [0.5, 0.6) is 0 Å². The molecule has 0 fully saturated rings. The van der Waals surface area contributed by atoms with E-state index in [0.717, 1.165) is 0 Å². The van der Waals surface area contributed by atoms with Crippen molar-refractivity contribution in [2.45, 2.75) is 52.7 Å². The Kier molecular flexibility index (Phi) is 5.98. The van der Waals surface area contributed by atoms with Crippen molar-refractivity contribution in [1.29, 1.82) is 0 Å². The molecule has 2 heterocycles. The number of amides is 2. The number of nitrogens with one attached hydrogen (secondary N) is 2. The molecule has 1 unspecified atom stereocenters. The summed E-state index contributed by atoms with van der Waals surface area (Å²) in [5.41, 5.74) is -1.17. The van der Waals surface area contributed by atoms with Crippen molar-refractivity contribution in [3.63, 3.8) is 0 Å². The van der Waals surface area contributed by atoms with Crippen molar-refractivity contribution in [2.75, 3.05) is 6.54 Å². The Labute approximate surface area is 158 Å². The molecule has 0 radical (unpaired) electrons. The number of carbonyl (C=O) groups is 2. The number of furan rings is 1. The maximum atomic E-state index is 12.6. The topological polar surface area (TPSA) is 107 Å². The maximum Gasteiger partial charge on any atom is 0.407 e. The molecule has 8 heteroatoms. The first-order valence-corrected chi connectivity index (χ1v) is 8.80. The van der Waals surface area contributed by atoms with E-state index in [-0.39, 0.29) is 18.2 Å². The van der Waals surface area contributed by atoms with Gasteiger partial charge in [0.15, 0.2) is 11.5 Å². The molecule has 1 atom stereocenters.